The van der Waals surface area contributed by atoms with Gasteiger partial charge < -0.3 is 4.74 Å². The molecule has 0 aliphatic heterocycles. The van der Waals surface area contributed by atoms with E-state index >= 15 is 0 Å². The largest absolute Gasteiger partial charge is 0.497 e. The van der Waals surface area contributed by atoms with Crippen LogP contribution in [0.15, 0.2) is 24.3 Å². The normalized spacial score (nSPS) is 10.9. The van der Waals surface area contributed by atoms with E-state index in [-0.39, 0.29) is 5.92 Å². The fourth-order valence-corrected chi connectivity index (χ4v) is 2.80. The molecule has 106 valence electrons. The zero-order valence-corrected chi connectivity index (χ0v) is 13.2. The summed E-state index contributed by atoms with van der Waals surface area (Å²) in [6.07, 6.45) is 0.585. The first kappa shape index (κ1) is 15.1. The third-order valence-electron chi connectivity index (χ3n) is 3.00. The quantitative estimate of drug-likeness (QED) is 0.779. The minimum Gasteiger partial charge on any atom is -0.497 e. The van der Waals surface area contributed by atoms with E-state index in [1.807, 2.05) is 38.1 Å². The van der Waals surface area contributed by atoms with Crippen LogP contribution < -0.4 is 4.74 Å². The van der Waals surface area contributed by atoms with Crippen molar-refractivity contribution in [2.45, 2.75) is 26.2 Å². The van der Waals surface area contributed by atoms with Gasteiger partial charge in [0.05, 0.1) is 7.11 Å². The molecule has 20 heavy (non-hydrogen) atoms. The summed E-state index contributed by atoms with van der Waals surface area (Å²) in [6.45, 7) is 4.03. The first-order valence-electron chi connectivity index (χ1n) is 6.36. The maximum Gasteiger partial charge on any atom is 0.137 e. The van der Waals surface area contributed by atoms with Crippen molar-refractivity contribution in [3.8, 4) is 5.75 Å². The SMILES string of the molecule is COc1ccc(Cc2nc(Cl)c(C(C)C)c(Cl)n2)cc1. The molecule has 0 spiro atoms. The zero-order valence-electron chi connectivity index (χ0n) is 11.7. The summed E-state index contributed by atoms with van der Waals surface area (Å²) in [5, 5.41) is 0.868. The number of hydrogen-bond acceptors (Lipinski definition) is 3. The molecule has 0 N–H and O–H groups in total. The van der Waals surface area contributed by atoms with Crippen molar-refractivity contribution in [3.05, 3.63) is 51.5 Å². The fraction of sp³-hybridized carbons (Fsp3) is 0.333. The number of benzene rings is 1. The molecule has 0 unspecified atom stereocenters. The Labute approximate surface area is 128 Å². The third kappa shape index (κ3) is 3.41. The molecular formula is C15H16Cl2N2O. The van der Waals surface area contributed by atoms with Gasteiger partial charge in [-0.25, -0.2) is 9.97 Å². The summed E-state index contributed by atoms with van der Waals surface area (Å²) in [7, 11) is 1.64. The maximum atomic E-state index is 6.19. The second-order valence-electron chi connectivity index (χ2n) is 4.81. The molecule has 0 aliphatic rings. The number of ether oxygens (including phenoxy) is 1. The van der Waals surface area contributed by atoms with Crippen LogP contribution in [-0.4, -0.2) is 17.1 Å². The summed E-state index contributed by atoms with van der Waals surface area (Å²) >= 11 is 12.4. The molecule has 0 amide bonds. The highest BCUT2D eigenvalue weighted by Crippen LogP contribution is 2.29. The van der Waals surface area contributed by atoms with Gasteiger partial charge >= 0.3 is 0 Å². The van der Waals surface area contributed by atoms with Crippen LogP contribution in [0.25, 0.3) is 0 Å². The van der Waals surface area contributed by atoms with Gasteiger partial charge in [0.1, 0.15) is 21.9 Å². The Kier molecular flexibility index (Phi) is 4.84. The van der Waals surface area contributed by atoms with Crippen LogP contribution in [0.2, 0.25) is 10.3 Å². The Morgan fingerprint density at radius 3 is 2.05 bits per heavy atom. The van der Waals surface area contributed by atoms with Crippen molar-refractivity contribution in [1.29, 1.82) is 0 Å². The van der Waals surface area contributed by atoms with E-state index < -0.39 is 0 Å². The summed E-state index contributed by atoms with van der Waals surface area (Å²) < 4.78 is 5.13. The van der Waals surface area contributed by atoms with Crippen molar-refractivity contribution < 1.29 is 4.74 Å². The van der Waals surface area contributed by atoms with Crippen molar-refractivity contribution in [2.24, 2.45) is 0 Å². The van der Waals surface area contributed by atoms with Crippen LogP contribution in [0.4, 0.5) is 0 Å². The second-order valence-corrected chi connectivity index (χ2v) is 5.53. The molecule has 2 rings (SSSR count). The van der Waals surface area contributed by atoms with Gasteiger partial charge in [-0.1, -0.05) is 49.2 Å². The number of nitrogens with zero attached hydrogens (tertiary/aromatic N) is 2. The molecule has 3 nitrogen and oxygen atoms in total. The van der Waals surface area contributed by atoms with Gasteiger partial charge in [-0.15, -0.1) is 0 Å². The molecular weight excluding hydrogens is 295 g/mol. The van der Waals surface area contributed by atoms with Crippen molar-refractivity contribution in [1.82, 2.24) is 9.97 Å². The first-order valence-corrected chi connectivity index (χ1v) is 7.11. The molecule has 0 aliphatic carbocycles. The number of aromatic nitrogens is 2. The Balaban J connectivity index is 2.25. The predicted molar refractivity (Wildman–Crippen MR) is 81.9 cm³/mol. The Morgan fingerprint density at radius 1 is 1.05 bits per heavy atom. The molecule has 1 heterocycles. The van der Waals surface area contributed by atoms with E-state index in [9.17, 15) is 0 Å². The molecule has 0 bridgehead atoms. The van der Waals surface area contributed by atoms with E-state index in [0.717, 1.165) is 16.9 Å². The molecule has 1 aromatic carbocycles. The van der Waals surface area contributed by atoms with E-state index in [1.54, 1.807) is 7.11 Å². The van der Waals surface area contributed by atoms with E-state index in [2.05, 4.69) is 9.97 Å². The zero-order chi connectivity index (χ0) is 14.7. The first-order chi connectivity index (χ1) is 9.51. The van der Waals surface area contributed by atoms with Gasteiger partial charge in [-0.2, -0.15) is 0 Å². The van der Waals surface area contributed by atoms with Gasteiger partial charge in [-0.05, 0) is 23.6 Å². The van der Waals surface area contributed by atoms with E-state index in [0.29, 0.717) is 22.6 Å². The number of rotatable bonds is 4. The van der Waals surface area contributed by atoms with Gasteiger partial charge in [-0.3, -0.25) is 0 Å². The number of methoxy groups -OCH3 is 1. The van der Waals surface area contributed by atoms with Crippen LogP contribution in [0.1, 0.15) is 36.7 Å². The van der Waals surface area contributed by atoms with Gasteiger partial charge in [0, 0.05) is 12.0 Å². The van der Waals surface area contributed by atoms with Gasteiger partial charge in [0.15, 0.2) is 0 Å². The van der Waals surface area contributed by atoms with Crippen LogP contribution >= 0.6 is 23.2 Å². The summed E-state index contributed by atoms with van der Waals surface area (Å²) in [5.41, 5.74) is 1.88. The summed E-state index contributed by atoms with van der Waals surface area (Å²) in [6, 6.07) is 7.75. The van der Waals surface area contributed by atoms with Crippen LogP contribution in [-0.2, 0) is 6.42 Å². The average molecular weight is 311 g/mol. The van der Waals surface area contributed by atoms with Crippen LogP contribution in [0.3, 0.4) is 0 Å². The molecule has 0 fully saturated rings. The lowest BCUT2D eigenvalue weighted by Gasteiger charge is -2.11. The lowest BCUT2D eigenvalue weighted by atomic mass is 10.1. The van der Waals surface area contributed by atoms with Gasteiger partial charge in [0.25, 0.3) is 0 Å². The Hall–Kier alpha value is -1.32. The summed E-state index contributed by atoms with van der Waals surface area (Å²) in [5.74, 6) is 1.64. The Bertz CT molecular complexity index is 574. The maximum absolute atomic E-state index is 6.19. The molecule has 5 heteroatoms. The topological polar surface area (TPSA) is 35.0 Å². The fourth-order valence-electron chi connectivity index (χ4n) is 1.94. The molecule has 1 aromatic heterocycles. The Morgan fingerprint density at radius 2 is 1.60 bits per heavy atom. The van der Waals surface area contributed by atoms with E-state index in [1.165, 1.54) is 0 Å². The minimum atomic E-state index is 0.199. The molecule has 0 saturated heterocycles. The standard InChI is InChI=1S/C15H16Cl2N2O/c1-9(2)13-14(16)18-12(19-15(13)17)8-10-4-6-11(20-3)7-5-10/h4-7,9H,8H2,1-3H3. The summed E-state index contributed by atoms with van der Waals surface area (Å²) in [4.78, 5) is 8.66. The second kappa shape index (κ2) is 6.42. The van der Waals surface area contributed by atoms with Crippen LogP contribution in [0.5, 0.6) is 5.75 Å². The third-order valence-corrected chi connectivity index (χ3v) is 3.57. The average Bonchev–Trinajstić information content (AvgIpc) is 2.38. The smallest absolute Gasteiger partial charge is 0.137 e. The highest BCUT2D eigenvalue weighted by molar-refractivity contribution is 6.34. The number of halogens is 2. The van der Waals surface area contributed by atoms with Crippen molar-refractivity contribution >= 4 is 23.2 Å². The molecule has 0 atom stereocenters. The van der Waals surface area contributed by atoms with Crippen molar-refractivity contribution in [2.75, 3.05) is 7.11 Å². The lowest BCUT2D eigenvalue weighted by molar-refractivity contribution is 0.414. The number of hydrogen-bond donors (Lipinski definition) is 0. The van der Waals surface area contributed by atoms with Gasteiger partial charge in [0.2, 0.25) is 0 Å². The van der Waals surface area contributed by atoms with E-state index in [4.69, 9.17) is 27.9 Å². The molecule has 0 saturated carbocycles. The monoisotopic (exact) mass is 310 g/mol. The van der Waals surface area contributed by atoms with Crippen molar-refractivity contribution in [3.63, 3.8) is 0 Å². The van der Waals surface area contributed by atoms with Crippen LogP contribution in [0, 0.1) is 0 Å². The lowest BCUT2D eigenvalue weighted by Crippen LogP contribution is -2.03. The molecule has 2 aromatic rings. The highest BCUT2D eigenvalue weighted by atomic mass is 35.5. The predicted octanol–water partition coefficient (Wildman–Crippen LogP) is 4.51. The molecule has 0 radical (unpaired) electrons. The minimum absolute atomic E-state index is 0.199. The highest BCUT2D eigenvalue weighted by Gasteiger charge is 2.14.